The van der Waals surface area contributed by atoms with E-state index >= 15 is 4.39 Å². The van der Waals surface area contributed by atoms with E-state index in [0.29, 0.717) is 55.6 Å². The first-order chi connectivity index (χ1) is 24.7. The molecule has 1 amide bonds. The van der Waals surface area contributed by atoms with Crippen molar-refractivity contribution in [2.45, 2.75) is 94.7 Å². The Balaban J connectivity index is 1.16. The van der Waals surface area contributed by atoms with Crippen LogP contribution in [0.25, 0.3) is 0 Å². The zero-order valence-corrected chi connectivity index (χ0v) is 29.7. The number of phenolic OH excluding ortho intramolecular Hbond substituents is 1. The van der Waals surface area contributed by atoms with Crippen molar-refractivity contribution in [2.75, 3.05) is 38.2 Å². The van der Waals surface area contributed by atoms with Crippen LogP contribution >= 0.6 is 23.2 Å². The van der Waals surface area contributed by atoms with Crippen molar-refractivity contribution in [2.24, 2.45) is 0 Å². The number of halogens is 7. The lowest BCUT2D eigenvalue weighted by molar-refractivity contribution is -0.140. The number of hydrogen-bond donors (Lipinski definition) is 1. The summed E-state index contributed by atoms with van der Waals surface area (Å²) in [6, 6.07) is 0.596. The molecule has 0 unspecified atom stereocenters. The highest BCUT2D eigenvalue weighted by atomic mass is 35.5. The Morgan fingerprint density at radius 3 is 2.73 bits per heavy atom. The van der Waals surface area contributed by atoms with E-state index in [4.69, 9.17) is 37.7 Å². The minimum Gasteiger partial charge on any atom is -0.505 e. The number of nitrogens with zero attached hydrogens (tertiary/aromatic N) is 7. The Kier molecular flexibility index (Phi) is 8.98. The highest BCUT2D eigenvalue weighted by Gasteiger charge is 2.50. The van der Waals surface area contributed by atoms with Gasteiger partial charge in [0.2, 0.25) is 0 Å². The van der Waals surface area contributed by atoms with Gasteiger partial charge in [-0.3, -0.25) is 14.4 Å². The number of aromatic nitrogens is 4. The highest BCUT2D eigenvalue weighted by molar-refractivity contribution is 6.34. The number of hydrogen-bond acceptors (Lipinski definition) is 9. The van der Waals surface area contributed by atoms with Gasteiger partial charge in [-0.05, 0) is 38.6 Å². The van der Waals surface area contributed by atoms with Crippen LogP contribution in [0.5, 0.6) is 11.8 Å². The predicted octanol–water partition coefficient (Wildman–Crippen LogP) is 6.26. The molecule has 2 aromatic heterocycles. The minimum absolute atomic E-state index is 0.0748. The molecule has 4 aliphatic heterocycles. The molecule has 3 atom stereocenters. The van der Waals surface area contributed by atoms with Gasteiger partial charge in [0.15, 0.2) is 17.3 Å². The number of fused-ring (bicyclic) bond motifs is 3. The normalized spacial score (nSPS) is 24.7. The van der Waals surface area contributed by atoms with Crippen molar-refractivity contribution in [1.82, 2.24) is 29.5 Å². The van der Waals surface area contributed by atoms with Crippen molar-refractivity contribution in [3.8, 4) is 11.8 Å². The molecule has 1 saturated carbocycles. The predicted molar refractivity (Wildman–Crippen MR) is 178 cm³/mol. The summed E-state index contributed by atoms with van der Waals surface area (Å²) in [5, 5.41) is 14.1. The van der Waals surface area contributed by atoms with Crippen molar-refractivity contribution >= 4 is 34.9 Å². The van der Waals surface area contributed by atoms with E-state index in [2.05, 4.69) is 15.0 Å². The average molecular weight is 773 g/mol. The van der Waals surface area contributed by atoms with Gasteiger partial charge < -0.3 is 24.4 Å². The second-order valence-electron chi connectivity index (χ2n) is 14.4. The van der Waals surface area contributed by atoms with Crippen LogP contribution in [0.1, 0.15) is 83.2 Å². The molecule has 2 saturated heterocycles. The molecule has 1 aliphatic carbocycles. The van der Waals surface area contributed by atoms with Crippen molar-refractivity contribution in [3.05, 3.63) is 55.7 Å². The third kappa shape index (κ3) is 6.22. The molecule has 0 bridgehead atoms. The molecule has 52 heavy (non-hydrogen) atoms. The number of phenols is 1. The molecule has 0 radical (unpaired) electrons. The maximum atomic E-state index is 15.4. The Labute approximate surface area is 305 Å². The van der Waals surface area contributed by atoms with Crippen molar-refractivity contribution in [1.29, 1.82) is 0 Å². The van der Waals surface area contributed by atoms with E-state index in [9.17, 15) is 27.5 Å². The number of benzene rings is 1. The average Bonchev–Trinajstić information content (AvgIpc) is 3.77. The lowest BCUT2D eigenvalue weighted by Gasteiger charge is -2.33. The topological polar surface area (TPSA) is 109 Å². The standard InChI is InChI=1S/C34H36Cl2F5N7O4/c1-45(18-4-5-18)31(50)29-27(36)22-14-46(7-3-9-48(22)44-29)30-19-15-51-24(25-26(34(39,40)41)20(35)10-23(49)28(25)38)11-21(19)42-32(43-30)52-16-33-6-2-8-47(33)13-17(37)12-33/h10,17-18,24,49H,2-9,11-16H2,1H3/t17-,24+,33+/m1/s1. The van der Waals surface area contributed by atoms with Crippen LogP contribution < -0.4 is 9.64 Å². The van der Waals surface area contributed by atoms with Crippen LogP contribution in [-0.4, -0.2) is 91.6 Å². The number of aromatic hydroxyl groups is 1. The third-order valence-corrected chi connectivity index (χ3v) is 11.7. The summed E-state index contributed by atoms with van der Waals surface area (Å²) in [6.45, 7) is 1.92. The van der Waals surface area contributed by atoms with Crippen LogP contribution in [-0.2, 0) is 37.0 Å². The van der Waals surface area contributed by atoms with E-state index in [1.54, 1.807) is 16.6 Å². The number of anilines is 1. The third-order valence-electron chi connectivity index (χ3n) is 11.0. The van der Waals surface area contributed by atoms with Gasteiger partial charge in [0.05, 0.1) is 51.8 Å². The monoisotopic (exact) mass is 771 g/mol. The van der Waals surface area contributed by atoms with Crippen LogP contribution in [0.15, 0.2) is 6.07 Å². The van der Waals surface area contributed by atoms with Gasteiger partial charge in [0, 0.05) is 62.8 Å². The van der Waals surface area contributed by atoms with Crippen molar-refractivity contribution in [3.63, 3.8) is 0 Å². The molecule has 8 rings (SSSR count). The molecule has 1 N–H and O–H groups in total. The number of aryl methyl sites for hydroxylation is 1. The maximum Gasteiger partial charge on any atom is 0.418 e. The highest BCUT2D eigenvalue weighted by Crippen LogP contribution is 2.47. The summed E-state index contributed by atoms with van der Waals surface area (Å²) in [5.41, 5.74) is -1.46. The lowest BCUT2D eigenvalue weighted by Crippen LogP contribution is -2.43. The quantitative estimate of drug-likeness (QED) is 0.279. The van der Waals surface area contributed by atoms with E-state index in [0.717, 1.165) is 32.2 Å². The number of amides is 1. The van der Waals surface area contributed by atoms with Crippen LogP contribution in [0.2, 0.25) is 10.0 Å². The Morgan fingerprint density at radius 2 is 1.98 bits per heavy atom. The minimum atomic E-state index is -5.06. The second kappa shape index (κ2) is 13.1. The van der Waals surface area contributed by atoms with Gasteiger partial charge in [-0.25, -0.2) is 8.78 Å². The van der Waals surface area contributed by atoms with Crippen molar-refractivity contribution < 1.29 is 41.3 Å². The second-order valence-corrected chi connectivity index (χ2v) is 15.1. The molecule has 11 nitrogen and oxygen atoms in total. The number of carbonyl (C=O) groups is 1. The fraction of sp³-hybridized carbons (Fsp3) is 0.588. The summed E-state index contributed by atoms with van der Waals surface area (Å²) in [6.07, 6.45) is -3.58. The van der Waals surface area contributed by atoms with Gasteiger partial charge in [-0.1, -0.05) is 23.2 Å². The van der Waals surface area contributed by atoms with Gasteiger partial charge in [0.25, 0.3) is 5.91 Å². The largest absolute Gasteiger partial charge is 0.505 e. The fourth-order valence-electron chi connectivity index (χ4n) is 8.21. The fourth-order valence-corrected chi connectivity index (χ4v) is 8.79. The van der Waals surface area contributed by atoms with Gasteiger partial charge in [-0.15, -0.1) is 0 Å². The molecule has 18 heteroatoms. The summed E-state index contributed by atoms with van der Waals surface area (Å²) < 4.78 is 86.5. The molecule has 1 aromatic carbocycles. The molecule has 6 heterocycles. The van der Waals surface area contributed by atoms with Gasteiger partial charge in [-0.2, -0.15) is 28.2 Å². The Hall–Kier alpha value is -3.47. The molecule has 0 spiro atoms. The van der Waals surface area contributed by atoms with Crippen LogP contribution in [0.3, 0.4) is 0 Å². The Morgan fingerprint density at radius 1 is 1.19 bits per heavy atom. The molecular formula is C34H36Cl2F5N7O4. The van der Waals surface area contributed by atoms with E-state index in [1.165, 1.54) is 0 Å². The van der Waals surface area contributed by atoms with Crippen LogP contribution in [0.4, 0.5) is 27.8 Å². The van der Waals surface area contributed by atoms with Crippen LogP contribution in [0, 0.1) is 5.82 Å². The van der Waals surface area contributed by atoms with E-state index in [1.807, 2.05) is 4.90 Å². The molecule has 280 valence electrons. The lowest BCUT2D eigenvalue weighted by atomic mass is 9.94. The number of ether oxygens (including phenoxy) is 2. The van der Waals surface area contributed by atoms with Gasteiger partial charge in [0.1, 0.15) is 18.6 Å². The first-order valence-electron chi connectivity index (χ1n) is 17.3. The van der Waals surface area contributed by atoms with Gasteiger partial charge >= 0.3 is 12.2 Å². The summed E-state index contributed by atoms with van der Waals surface area (Å²) in [4.78, 5) is 28.3. The zero-order chi connectivity index (χ0) is 36.7. The first-order valence-corrected chi connectivity index (χ1v) is 18.1. The zero-order valence-electron chi connectivity index (χ0n) is 28.2. The summed E-state index contributed by atoms with van der Waals surface area (Å²) in [5.74, 6) is -2.44. The molecule has 3 aromatic rings. The first kappa shape index (κ1) is 35.6. The summed E-state index contributed by atoms with van der Waals surface area (Å²) >= 11 is 12.8. The summed E-state index contributed by atoms with van der Waals surface area (Å²) in [7, 11) is 1.73. The number of carbonyl (C=O) groups excluding carboxylic acids is 1. The molecular weight excluding hydrogens is 736 g/mol. The van der Waals surface area contributed by atoms with E-state index in [-0.39, 0.29) is 60.5 Å². The SMILES string of the molecule is CN(C(=O)c1nn2c(c1Cl)CN(c1nc(OC[C@@]34CCCN3C[C@H](F)C4)nc3c1CO[C@H](c1c(F)c(O)cc(Cl)c1C(F)(F)F)C3)CCC2)C1CC1. The van der Waals surface area contributed by atoms with E-state index < -0.39 is 51.7 Å². The molecule has 5 aliphatic rings. The number of alkyl halides is 4. The Bertz CT molecular complexity index is 1930. The molecule has 3 fully saturated rings. The number of rotatable bonds is 7. The maximum absolute atomic E-state index is 15.4. The smallest absolute Gasteiger partial charge is 0.418 e.